The van der Waals surface area contributed by atoms with E-state index in [0.29, 0.717) is 10.7 Å². The molecule has 0 saturated carbocycles. The van der Waals surface area contributed by atoms with Crippen LogP contribution >= 0.6 is 11.6 Å². The molecule has 5 nitrogen and oxygen atoms in total. The summed E-state index contributed by atoms with van der Waals surface area (Å²) in [4.78, 5) is 11.7. The second kappa shape index (κ2) is 5.10. The lowest BCUT2D eigenvalue weighted by molar-refractivity contribution is -0.115. The summed E-state index contributed by atoms with van der Waals surface area (Å²) in [6, 6.07) is 6.38. The van der Waals surface area contributed by atoms with E-state index in [-0.39, 0.29) is 24.0 Å². The average molecular weight is 267 g/mol. The molecule has 1 aromatic carbocycles. The van der Waals surface area contributed by atoms with E-state index < -0.39 is 0 Å². The van der Waals surface area contributed by atoms with Gasteiger partial charge in [0.15, 0.2) is 0 Å². The molecule has 0 saturated heterocycles. The third-order valence-electron chi connectivity index (χ3n) is 2.34. The molecule has 0 fully saturated rings. The highest BCUT2D eigenvalue weighted by Gasteiger charge is 2.13. The normalized spacial score (nSPS) is 10.3. The quantitative estimate of drug-likeness (QED) is 0.895. The number of carbonyl (C=O) groups is 1. The Balaban J connectivity index is 2.01. The molecule has 0 atom stereocenters. The zero-order valence-corrected chi connectivity index (χ0v) is 10.4. The number of aromatic nitrogens is 1. The Bertz CT molecular complexity index is 563. The van der Waals surface area contributed by atoms with Crippen molar-refractivity contribution in [1.29, 1.82) is 0 Å². The number of hydrogen-bond acceptors (Lipinski definition) is 4. The van der Waals surface area contributed by atoms with Gasteiger partial charge in [-0.15, -0.1) is 0 Å². The highest BCUT2D eigenvalue weighted by Crippen LogP contribution is 2.24. The van der Waals surface area contributed by atoms with Crippen LogP contribution < -0.4 is 5.32 Å². The summed E-state index contributed by atoms with van der Waals surface area (Å²) in [5.41, 5.74) is 1.30. The summed E-state index contributed by atoms with van der Waals surface area (Å²) in [5, 5.41) is 15.6. The Morgan fingerprint density at radius 2 is 2.11 bits per heavy atom. The summed E-state index contributed by atoms with van der Waals surface area (Å²) in [6.45, 7) is 1.68. The minimum atomic E-state index is -0.265. The molecule has 1 aromatic heterocycles. The lowest BCUT2D eigenvalue weighted by atomic mass is 10.1. The minimum absolute atomic E-state index is 0.151. The highest BCUT2D eigenvalue weighted by atomic mass is 35.5. The lowest BCUT2D eigenvalue weighted by Crippen LogP contribution is -2.14. The lowest BCUT2D eigenvalue weighted by Gasteiger charge is -2.02. The van der Waals surface area contributed by atoms with Gasteiger partial charge >= 0.3 is 0 Å². The zero-order valence-electron chi connectivity index (χ0n) is 9.61. The van der Waals surface area contributed by atoms with Gasteiger partial charge in [-0.25, -0.2) is 0 Å². The maximum atomic E-state index is 11.7. The first-order valence-corrected chi connectivity index (χ1v) is 5.63. The van der Waals surface area contributed by atoms with Crippen LogP contribution in [0.25, 0.3) is 0 Å². The monoisotopic (exact) mass is 266 g/mol. The van der Waals surface area contributed by atoms with E-state index in [9.17, 15) is 4.79 Å². The van der Waals surface area contributed by atoms with Gasteiger partial charge in [-0.2, -0.15) is 0 Å². The molecule has 0 aliphatic rings. The summed E-state index contributed by atoms with van der Waals surface area (Å²) in [5.74, 6) is 0.0461. The number of carbonyl (C=O) groups excluding carboxylic acids is 1. The van der Waals surface area contributed by atoms with Crippen molar-refractivity contribution >= 4 is 23.4 Å². The predicted octanol–water partition coefficient (Wildman–Crippen LogP) is 2.52. The van der Waals surface area contributed by atoms with Crippen molar-refractivity contribution in [3.05, 3.63) is 40.5 Å². The SMILES string of the molecule is Cc1noc(NC(=O)Cc2ccc(O)cc2)c1Cl. The van der Waals surface area contributed by atoms with E-state index in [0.717, 1.165) is 5.56 Å². The van der Waals surface area contributed by atoms with Crippen LogP contribution in [0.15, 0.2) is 28.8 Å². The van der Waals surface area contributed by atoms with E-state index >= 15 is 0 Å². The third-order valence-corrected chi connectivity index (χ3v) is 2.79. The van der Waals surface area contributed by atoms with Crippen LogP contribution in [0.5, 0.6) is 5.75 Å². The molecule has 0 aliphatic carbocycles. The number of rotatable bonds is 3. The molecule has 0 spiro atoms. The molecule has 6 heteroatoms. The Kier molecular flexibility index (Phi) is 3.53. The fourth-order valence-electron chi connectivity index (χ4n) is 1.41. The molecule has 18 heavy (non-hydrogen) atoms. The summed E-state index contributed by atoms with van der Waals surface area (Å²) >= 11 is 5.87. The van der Waals surface area contributed by atoms with Crippen molar-refractivity contribution in [3.63, 3.8) is 0 Å². The molecule has 0 radical (unpaired) electrons. The Labute approximate surface area is 108 Å². The first kappa shape index (κ1) is 12.4. The van der Waals surface area contributed by atoms with Gasteiger partial charge in [-0.3, -0.25) is 10.1 Å². The molecule has 0 unspecified atom stereocenters. The predicted molar refractivity (Wildman–Crippen MR) is 66.7 cm³/mol. The Morgan fingerprint density at radius 1 is 1.44 bits per heavy atom. The molecule has 2 N–H and O–H groups in total. The molecule has 2 rings (SSSR count). The van der Waals surface area contributed by atoms with Gasteiger partial charge in [0.05, 0.1) is 6.42 Å². The molecule has 1 heterocycles. The van der Waals surface area contributed by atoms with Gasteiger partial charge in [0.25, 0.3) is 0 Å². The first-order chi connectivity index (χ1) is 8.56. The van der Waals surface area contributed by atoms with E-state index in [1.165, 1.54) is 12.1 Å². The fourth-order valence-corrected chi connectivity index (χ4v) is 1.52. The van der Waals surface area contributed by atoms with Crippen molar-refractivity contribution < 1.29 is 14.4 Å². The summed E-state index contributed by atoms with van der Waals surface area (Å²) < 4.78 is 4.87. The van der Waals surface area contributed by atoms with Gasteiger partial charge in [0.2, 0.25) is 11.8 Å². The maximum Gasteiger partial charge on any atom is 0.250 e. The number of hydrogen-bond donors (Lipinski definition) is 2. The van der Waals surface area contributed by atoms with Crippen molar-refractivity contribution in [2.75, 3.05) is 5.32 Å². The number of aromatic hydroxyl groups is 1. The van der Waals surface area contributed by atoms with Crippen molar-refractivity contribution in [2.45, 2.75) is 13.3 Å². The van der Waals surface area contributed by atoms with E-state index in [2.05, 4.69) is 10.5 Å². The fraction of sp³-hybridized carbons (Fsp3) is 0.167. The zero-order chi connectivity index (χ0) is 13.1. The number of phenols is 1. The number of nitrogens with one attached hydrogen (secondary N) is 1. The highest BCUT2D eigenvalue weighted by molar-refractivity contribution is 6.33. The van der Waals surface area contributed by atoms with Gasteiger partial charge in [-0.05, 0) is 24.6 Å². The summed E-state index contributed by atoms with van der Waals surface area (Å²) in [6.07, 6.45) is 0.163. The molecular weight excluding hydrogens is 256 g/mol. The Hall–Kier alpha value is -2.01. The van der Waals surface area contributed by atoms with Gasteiger partial charge in [0, 0.05) is 0 Å². The maximum absolute atomic E-state index is 11.7. The van der Waals surface area contributed by atoms with Crippen LogP contribution in [-0.2, 0) is 11.2 Å². The standard InChI is InChI=1S/C12H11ClN2O3/c1-7-11(13)12(18-15-7)14-10(17)6-8-2-4-9(16)5-3-8/h2-5,16H,6H2,1H3,(H,14,17). The molecule has 2 aromatic rings. The van der Waals surface area contributed by atoms with Crippen molar-refractivity contribution in [2.24, 2.45) is 0 Å². The van der Waals surface area contributed by atoms with Crippen LogP contribution in [0, 0.1) is 6.92 Å². The number of amides is 1. The molecule has 94 valence electrons. The second-order valence-corrected chi connectivity index (χ2v) is 4.18. The number of phenolic OH excluding ortho intramolecular Hbond substituents is 1. The number of anilines is 1. The van der Waals surface area contributed by atoms with E-state index in [1.54, 1.807) is 19.1 Å². The number of nitrogens with zero attached hydrogens (tertiary/aromatic N) is 1. The third kappa shape index (κ3) is 2.81. The van der Waals surface area contributed by atoms with Crippen LogP contribution in [0.2, 0.25) is 5.02 Å². The average Bonchev–Trinajstić information content (AvgIpc) is 2.64. The number of halogens is 1. The molecule has 1 amide bonds. The molecule has 0 bridgehead atoms. The van der Waals surface area contributed by atoms with Crippen LogP contribution in [0.1, 0.15) is 11.3 Å². The number of benzene rings is 1. The minimum Gasteiger partial charge on any atom is -0.508 e. The van der Waals surface area contributed by atoms with Crippen LogP contribution in [-0.4, -0.2) is 16.2 Å². The molecule has 0 aliphatic heterocycles. The van der Waals surface area contributed by atoms with Gasteiger partial charge < -0.3 is 9.63 Å². The largest absolute Gasteiger partial charge is 0.508 e. The topological polar surface area (TPSA) is 75.4 Å². The van der Waals surface area contributed by atoms with Crippen LogP contribution in [0.4, 0.5) is 5.88 Å². The van der Waals surface area contributed by atoms with Gasteiger partial charge in [-0.1, -0.05) is 28.9 Å². The van der Waals surface area contributed by atoms with E-state index in [1.807, 2.05) is 0 Å². The van der Waals surface area contributed by atoms with E-state index in [4.69, 9.17) is 21.2 Å². The Morgan fingerprint density at radius 3 is 2.67 bits per heavy atom. The number of aryl methyl sites for hydroxylation is 1. The van der Waals surface area contributed by atoms with Gasteiger partial charge in [0.1, 0.15) is 16.5 Å². The summed E-state index contributed by atoms with van der Waals surface area (Å²) in [7, 11) is 0. The van der Waals surface area contributed by atoms with Crippen molar-refractivity contribution in [1.82, 2.24) is 5.16 Å². The molecular formula is C12H11ClN2O3. The first-order valence-electron chi connectivity index (χ1n) is 5.26. The smallest absolute Gasteiger partial charge is 0.250 e. The van der Waals surface area contributed by atoms with Crippen LogP contribution in [0.3, 0.4) is 0 Å². The second-order valence-electron chi connectivity index (χ2n) is 3.80. The van der Waals surface area contributed by atoms with Crippen molar-refractivity contribution in [3.8, 4) is 5.75 Å².